The van der Waals surface area contributed by atoms with E-state index in [1.807, 2.05) is 42.5 Å². The van der Waals surface area contributed by atoms with Crippen molar-refractivity contribution < 1.29 is 4.79 Å². The third-order valence-electron chi connectivity index (χ3n) is 3.90. The van der Waals surface area contributed by atoms with Gasteiger partial charge < -0.3 is 10.6 Å². The summed E-state index contributed by atoms with van der Waals surface area (Å²) in [7, 11) is 0. The number of para-hydroxylation sites is 1. The number of carbonyl (C=O) groups excluding carboxylic acids is 1. The van der Waals surface area contributed by atoms with E-state index in [0.29, 0.717) is 0 Å². The molecule has 2 aromatic rings. The molecule has 0 saturated heterocycles. The summed E-state index contributed by atoms with van der Waals surface area (Å²) in [5.41, 5.74) is 4.64. The van der Waals surface area contributed by atoms with Gasteiger partial charge in [-0.25, -0.2) is 0 Å². The minimum Gasteiger partial charge on any atom is -0.376 e. The number of fused-ring (bicyclic) bond motifs is 1. The summed E-state index contributed by atoms with van der Waals surface area (Å²) >= 11 is 0. The number of carbonyl (C=O) groups is 1. The number of hydrogen-bond donors (Lipinski definition) is 2. The van der Waals surface area contributed by atoms with Crippen molar-refractivity contribution in [3.8, 4) is 0 Å². The molecule has 0 aromatic heterocycles. The first kappa shape index (κ1) is 16.4. The van der Waals surface area contributed by atoms with Crippen LogP contribution in [0.1, 0.15) is 24.0 Å². The third kappa shape index (κ3) is 4.01. The summed E-state index contributed by atoms with van der Waals surface area (Å²) < 4.78 is 0. The average molecular weight is 317 g/mol. The monoisotopic (exact) mass is 316 g/mol. The molecule has 3 rings (SSSR count). The van der Waals surface area contributed by atoms with Crippen LogP contribution in [0.4, 0.5) is 11.4 Å². The Labute approximate surface area is 137 Å². The van der Waals surface area contributed by atoms with Crippen molar-refractivity contribution in [2.24, 2.45) is 0 Å². The van der Waals surface area contributed by atoms with E-state index in [0.717, 1.165) is 24.2 Å². The molecule has 3 nitrogen and oxygen atoms in total. The number of aryl methyl sites for hydroxylation is 1. The highest BCUT2D eigenvalue weighted by Crippen LogP contribution is 2.27. The molecule has 0 bridgehead atoms. The summed E-state index contributed by atoms with van der Waals surface area (Å²) in [5, 5.41) is 6.17. The first-order valence-electron chi connectivity index (χ1n) is 7.52. The number of amides is 1. The van der Waals surface area contributed by atoms with Gasteiger partial charge in [-0.2, -0.15) is 0 Å². The lowest BCUT2D eigenvalue weighted by atomic mass is 9.90. The van der Waals surface area contributed by atoms with Gasteiger partial charge in [0.05, 0.1) is 6.54 Å². The molecular formula is C18H21ClN2O. The van der Waals surface area contributed by atoms with E-state index in [2.05, 4.69) is 16.7 Å². The first-order chi connectivity index (χ1) is 10.3. The van der Waals surface area contributed by atoms with Crippen molar-refractivity contribution in [2.75, 3.05) is 17.2 Å². The molecule has 0 heterocycles. The largest absolute Gasteiger partial charge is 0.376 e. The molecule has 1 aliphatic rings. The van der Waals surface area contributed by atoms with Crippen LogP contribution >= 0.6 is 12.4 Å². The van der Waals surface area contributed by atoms with Crippen LogP contribution < -0.4 is 10.6 Å². The molecule has 0 fully saturated rings. The Balaban J connectivity index is 0.00000176. The SMILES string of the molecule is Cl.O=C(CNc1ccccc1)Nc1cccc2c1CCCC2. The van der Waals surface area contributed by atoms with Crippen molar-refractivity contribution in [1.29, 1.82) is 0 Å². The number of rotatable bonds is 4. The predicted molar refractivity (Wildman–Crippen MR) is 93.9 cm³/mol. The van der Waals surface area contributed by atoms with E-state index in [9.17, 15) is 4.79 Å². The second-order valence-electron chi connectivity index (χ2n) is 5.42. The zero-order chi connectivity index (χ0) is 14.5. The Morgan fingerprint density at radius 1 is 0.955 bits per heavy atom. The van der Waals surface area contributed by atoms with Crippen LogP contribution in [0.15, 0.2) is 48.5 Å². The normalized spacial score (nSPS) is 12.7. The Morgan fingerprint density at radius 3 is 2.55 bits per heavy atom. The highest BCUT2D eigenvalue weighted by Gasteiger charge is 2.14. The predicted octanol–water partition coefficient (Wildman–Crippen LogP) is 4.04. The third-order valence-corrected chi connectivity index (χ3v) is 3.90. The Hall–Kier alpha value is -2.00. The van der Waals surface area contributed by atoms with Gasteiger partial charge in [0.1, 0.15) is 0 Å². The second-order valence-corrected chi connectivity index (χ2v) is 5.42. The fourth-order valence-corrected chi connectivity index (χ4v) is 2.83. The van der Waals surface area contributed by atoms with Gasteiger partial charge in [-0.15, -0.1) is 12.4 Å². The molecule has 4 heteroatoms. The maximum absolute atomic E-state index is 12.1. The number of anilines is 2. The van der Waals surface area contributed by atoms with Gasteiger partial charge in [-0.1, -0.05) is 30.3 Å². The van der Waals surface area contributed by atoms with Gasteiger partial charge in [0.2, 0.25) is 5.91 Å². The quantitative estimate of drug-likeness (QED) is 0.894. The van der Waals surface area contributed by atoms with E-state index in [1.54, 1.807) is 0 Å². The molecule has 0 radical (unpaired) electrons. The minimum absolute atomic E-state index is 0. The van der Waals surface area contributed by atoms with Gasteiger partial charge in [0.25, 0.3) is 0 Å². The van der Waals surface area contributed by atoms with Crippen LogP contribution in [0, 0.1) is 0 Å². The summed E-state index contributed by atoms with van der Waals surface area (Å²) in [5.74, 6) is -0.00201. The minimum atomic E-state index is -0.00201. The summed E-state index contributed by atoms with van der Waals surface area (Å²) in [6, 6.07) is 16.0. The number of benzene rings is 2. The molecule has 0 aliphatic heterocycles. The van der Waals surface area contributed by atoms with Crippen molar-refractivity contribution in [1.82, 2.24) is 0 Å². The number of hydrogen-bond acceptors (Lipinski definition) is 2. The van der Waals surface area contributed by atoms with Crippen molar-refractivity contribution in [3.05, 3.63) is 59.7 Å². The molecule has 0 saturated carbocycles. The van der Waals surface area contributed by atoms with Gasteiger partial charge in [-0.3, -0.25) is 4.79 Å². The maximum Gasteiger partial charge on any atom is 0.243 e. The van der Waals surface area contributed by atoms with E-state index in [4.69, 9.17) is 0 Å². The molecule has 0 atom stereocenters. The van der Waals surface area contributed by atoms with Crippen molar-refractivity contribution in [2.45, 2.75) is 25.7 Å². The van der Waals surface area contributed by atoms with Crippen LogP contribution in [0.25, 0.3) is 0 Å². The van der Waals surface area contributed by atoms with Gasteiger partial charge in [0, 0.05) is 11.4 Å². The fourth-order valence-electron chi connectivity index (χ4n) is 2.83. The van der Waals surface area contributed by atoms with Crippen molar-refractivity contribution >= 4 is 29.7 Å². The van der Waals surface area contributed by atoms with Crippen LogP contribution in [0.3, 0.4) is 0 Å². The molecule has 2 aromatic carbocycles. The first-order valence-corrected chi connectivity index (χ1v) is 7.52. The lowest BCUT2D eigenvalue weighted by Gasteiger charge is -2.19. The lowest BCUT2D eigenvalue weighted by molar-refractivity contribution is -0.114. The van der Waals surface area contributed by atoms with Crippen LogP contribution in [0.2, 0.25) is 0 Å². The van der Waals surface area contributed by atoms with Gasteiger partial charge >= 0.3 is 0 Å². The maximum atomic E-state index is 12.1. The summed E-state index contributed by atoms with van der Waals surface area (Å²) in [4.78, 5) is 12.1. The fraction of sp³-hybridized carbons (Fsp3) is 0.278. The van der Waals surface area contributed by atoms with Gasteiger partial charge in [0.15, 0.2) is 0 Å². The zero-order valence-corrected chi connectivity index (χ0v) is 13.3. The Morgan fingerprint density at radius 2 is 1.73 bits per heavy atom. The standard InChI is InChI=1S/C18H20N2O.ClH/c21-18(13-19-15-9-2-1-3-10-15)20-17-12-6-8-14-7-4-5-11-16(14)17;/h1-3,6,8-10,12,19H,4-5,7,11,13H2,(H,20,21);1H. The molecule has 116 valence electrons. The second kappa shape index (κ2) is 7.85. The molecule has 1 amide bonds. The van der Waals surface area contributed by atoms with Gasteiger partial charge in [-0.05, 0) is 55.0 Å². The highest BCUT2D eigenvalue weighted by atomic mass is 35.5. The van der Waals surface area contributed by atoms with Crippen LogP contribution in [0.5, 0.6) is 0 Å². The van der Waals surface area contributed by atoms with E-state index in [-0.39, 0.29) is 24.9 Å². The topological polar surface area (TPSA) is 41.1 Å². The van der Waals surface area contributed by atoms with E-state index < -0.39 is 0 Å². The summed E-state index contributed by atoms with van der Waals surface area (Å²) in [6.45, 7) is 0.285. The number of halogens is 1. The molecule has 22 heavy (non-hydrogen) atoms. The van der Waals surface area contributed by atoms with Crippen LogP contribution in [-0.4, -0.2) is 12.5 Å². The number of nitrogens with one attached hydrogen (secondary N) is 2. The molecule has 0 spiro atoms. The Bertz CT molecular complexity index is 628. The zero-order valence-electron chi connectivity index (χ0n) is 12.5. The molecule has 1 aliphatic carbocycles. The molecular weight excluding hydrogens is 296 g/mol. The Kier molecular flexibility index (Phi) is 5.84. The molecule has 0 unspecified atom stereocenters. The van der Waals surface area contributed by atoms with Crippen LogP contribution in [-0.2, 0) is 17.6 Å². The van der Waals surface area contributed by atoms with Crippen molar-refractivity contribution in [3.63, 3.8) is 0 Å². The van der Waals surface area contributed by atoms with E-state index in [1.165, 1.54) is 24.0 Å². The smallest absolute Gasteiger partial charge is 0.243 e. The average Bonchev–Trinajstić information content (AvgIpc) is 2.54. The lowest BCUT2D eigenvalue weighted by Crippen LogP contribution is -2.23. The summed E-state index contributed by atoms with van der Waals surface area (Å²) in [6.07, 6.45) is 4.65. The highest BCUT2D eigenvalue weighted by molar-refractivity contribution is 5.94. The molecule has 2 N–H and O–H groups in total. The van der Waals surface area contributed by atoms with E-state index >= 15 is 0 Å².